The molecule has 1 aliphatic heterocycles. The van der Waals surface area contributed by atoms with E-state index in [0.717, 1.165) is 10.5 Å². The molecule has 0 spiro atoms. The van der Waals surface area contributed by atoms with E-state index < -0.39 is 23.6 Å². The van der Waals surface area contributed by atoms with Crippen LogP contribution in [0.1, 0.15) is 11.1 Å². The van der Waals surface area contributed by atoms with Crippen LogP contribution in [0, 0.1) is 6.92 Å². The summed E-state index contributed by atoms with van der Waals surface area (Å²) >= 11 is 12.5. The van der Waals surface area contributed by atoms with Crippen LogP contribution in [0.2, 0.25) is 10.0 Å². The average Bonchev–Trinajstić information content (AvgIpc) is 2.89. The van der Waals surface area contributed by atoms with Gasteiger partial charge in [-0.3, -0.25) is 19.3 Å². The number of phenolic OH excluding ortho intramolecular Hbond substituents is 1. The molecule has 0 saturated carbocycles. The van der Waals surface area contributed by atoms with Gasteiger partial charge >= 0.3 is 0 Å². The predicted octanol–water partition coefficient (Wildman–Crippen LogP) is 4.68. The summed E-state index contributed by atoms with van der Waals surface area (Å²) in [6.07, 6.45) is 1.43. The van der Waals surface area contributed by atoms with Crippen molar-refractivity contribution in [2.45, 2.75) is 6.92 Å². The number of nitrogens with one attached hydrogen (secondary N) is 1. The molecule has 1 saturated heterocycles. The Morgan fingerprint density at radius 3 is 2.50 bits per heavy atom. The number of thioether (sulfide) groups is 1. The number of amides is 3. The molecule has 2 aromatic carbocycles. The maximum Gasteiger partial charge on any atom is 0.294 e. The van der Waals surface area contributed by atoms with Crippen LogP contribution in [0.4, 0.5) is 10.5 Å². The van der Waals surface area contributed by atoms with Crippen molar-refractivity contribution in [3.8, 4) is 5.75 Å². The quantitative estimate of drug-likeness (QED) is 0.679. The van der Waals surface area contributed by atoms with Crippen LogP contribution in [-0.2, 0) is 9.59 Å². The van der Waals surface area contributed by atoms with E-state index in [-0.39, 0.29) is 20.7 Å². The van der Waals surface area contributed by atoms with Crippen LogP contribution in [0.25, 0.3) is 6.08 Å². The van der Waals surface area contributed by atoms with Crippen molar-refractivity contribution in [1.82, 2.24) is 4.90 Å². The highest BCUT2D eigenvalue weighted by molar-refractivity contribution is 8.18. The fraction of sp³-hybridized carbons (Fsp3) is 0.105. The van der Waals surface area contributed by atoms with Gasteiger partial charge in [-0.1, -0.05) is 41.4 Å². The summed E-state index contributed by atoms with van der Waals surface area (Å²) in [5.41, 5.74) is 1.93. The number of carbonyl (C=O) groups is 3. The number of imide groups is 1. The fourth-order valence-electron chi connectivity index (χ4n) is 2.50. The first-order valence-corrected chi connectivity index (χ1v) is 9.62. The average molecular weight is 437 g/mol. The smallest absolute Gasteiger partial charge is 0.294 e. The van der Waals surface area contributed by atoms with Crippen LogP contribution < -0.4 is 5.32 Å². The third-order valence-electron chi connectivity index (χ3n) is 3.93. The monoisotopic (exact) mass is 436 g/mol. The number of anilines is 1. The lowest BCUT2D eigenvalue weighted by Crippen LogP contribution is -2.36. The Morgan fingerprint density at radius 2 is 1.86 bits per heavy atom. The molecule has 2 N–H and O–H groups in total. The Balaban J connectivity index is 1.75. The first kappa shape index (κ1) is 20.3. The van der Waals surface area contributed by atoms with Crippen molar-refractivity contribution in [2.75, 3.05) is 11.9 Å². The molecule has 1 aliphatic rings. The molecule has 3 rings (SSSR count). The molecule has 0 unspecified atom stereocenters. The van der Waals surface area contributed by atoms with E-state index in [4.69, 9.17) is 23.2 Å². The summed E-state index contributed by atoms with van der Waals surface area (Å²) in [5.74, 6) is -1.33. The third kappa shape index (κ3) is 4.32. The van der Waals surface area contributed by atoms with Crippen molar-refractivity contribution < 1.29 is 19.5 Å². The van der Waals surface area contributed by atoms with Gasteiger partial charge in [0.1, 0.15) is 6.54 Å². The van der Waals surface area contributed by atoms with E-state index in [1.165, 1.54) is 18.2 Å². The van der Waals surface area contributed by atoms with Gasteiger partial charge < -0.3 is 10.4 Å². The summed E-state index contributed by atoms with van der Waals surface area (Å²) in [5, 5.41) is 11.8. The van der Waals surface area contributed by atoms with Crippen LogP contribution in [-0.4, -0.2) is 33.6 Å². The number of halogens is 2. The van der Waals surface area contributed by atoms with E-state index in [2.05, 4.69) is 5.32 Å². The SMILES string of the molecule is Cc1ccccc1NC(=O)CN1C(=O)SC(=Cc2cc(Cl)c(O)c(Cl)c2)C1=O. The highest BCUT2D eigenvalue weighted by atomic mass is 35.5. The molecule has 144 valence electrons. The van der Waals surface area contributed by atoms with E-state index in [1.54, 1.807) is 12.1 Å². The Bertz CT molecular complexity index is 1000. The second-order valence-electron chi connectivity index (χ2n) is 5.96. The number of carbonyl (C=O) groups excluding carboxylic acids is 3. The van der Waals surface area contributed by atoms with E-state index >= 15 is 0 Å². The minimum Gasteiger partial charge on any atom is -0.505 e. The van der Waals surface area contributed by atoms with Gasteiger partial charge in [0.05, 0.1) is 15.0 Å². The lowest BCUT2D eigenvalue weighted by atomic mass is 10.2. The zero-order valence-electron chi connectivity index (χ0n) is 14.5. The van der Waals surface area contributed by atoms with Gasteiger partial charge in [0.2, 0.25) is 5.91 Å². The van der Waals surface area contributed by atoms with Crippen molar-refractivity contribution >= 4 is 63.8 Å². The molecule has 1 heterocycles. The van der Waals surface area contributed by atoms with Gasteiger partial charge in [-0.15, -0.1) is 0 Å². The van der Waals surface area contributed by atoms with E-state index in [1.807, 2.05) is 19.1 Å². The molecule has 2 aromatic rings. The largest absolute Gasteiger partial charge is 0.505 e. The Kier molecular flexibility index (Phi) is 5.98. The number of para-hydroxylation sites is 1. The fourth-order valence-corrected chi connectivity index (χ4v) is 3.84. The number of phenols is 1. The second kappa shape index (κ2) is 8.26. The van der Waals surface area contributed by atoms with Crippen LogP contribution >= 0.6 is 35.0 Å². The van der Waals surface area contributed by atoms with Gasteiger partial charge in [0, 0.05) is 5.69 Å². The van der Waals surface area contributed by atoms with Crippen LogP contribution in [0.15, 0.2) is 41.3 Å². The zero-order valence-corrected chi connectivity index (χ0v) is 16.9. The first-order chi connectivity index (χ1) is 13.3. The lowest BCUT2D eigenvalue weighted by Gasteiger charge is -2.13. The normalized spacial score (nSPS) is 15.4. The maximum atomic E-state index is 12.5. The number of aromatic hydroxyl groups is 1. The van der Waals surface area contributed by atoms with Gasteiger partial charge in [-0.2, -0.15) is 0 Å². The molecule has 28 heavy (non-hydrogen) atoms. The molecular weight excluding hydrogens is 423 g/mol. The highest BCUT2D eigenvalue weighted by Gasteiger charge is 2.36. The molecule has 9 heteroatoms. The topological polar surface area (TPSA) is 86.7 Å². The molecule has 0 atom stereocenters. The summed E-state index contributed by atoms with van der Waals surface area (Å²) in [6, 6.07) is 10.0. The van der Waals surface area contributed by atoms with Crippen LogP contribution in [0.3, 0.4) is 0 Å². The maximum absolute atomic E-state index is 12.5. The standard InChI is InChI=1S/C19H14Cl2N2O4S/c1-10-4-2-3-5-14(10)22-16(24)9-23-18(26)15(28-19(23)27)8-11-6-12(20)17(25)13(21)7-11/h2-8,25H,9H2,1H3,(H,22,24). The summed E-state index contributed by atoms with van der Waals surface area (Å²) < 4.78 is 0. The first-order valence-electron chi connectivity index (χ1n) is 8.05. The predicted molar refractivity (Wildman–Crippen MR) is 111 cm³/mol. The molecule has 0 aromatic heterocycles. The van der Waals surface area contributed by atoms with Gasteiger partial charge in [0.15, 0.2) is 5.75 Å². The Morgan fingerprint density at radius 1 is 1.21 bits per heavy atom. The van der Waals surface area contributed by atoms with Crippen molar-refractivity contribution in [3.63, 3.8) is 0 Å². The van der Waals surface area contributed by atoms with Gasteiger partial charge in [-0.05, 0) is 54.1 Å². The summed E-state index contributed by atoms with van der Waals surface area (Å²) in [6.45, 7) is 1.44. The summed E-state index contributed by atoms with van der Waals surface area (Å²) in [4.78, 5) is 38.0. The van der Waals surface area contributed by atoms with Crippen molar-refractivity contribution in [3.05, 3.63) is 62.5 Å². The lowest BCUT2D eigenvalue weighted by molar-refractivity contribution is -0.127. The molecule has 0 bridgehead atoms. The number of aryl methyl sites for hydroxylation is 1. The van der Waals surface area contributed by atoms with Gasteiger partial charge in [-0.25, -0.2) is 0 Å². The number of hydrogen-bond donors (Lipinski definition) is 2. The summed E-state index contributed by atoms with van der Waals surface area (Å²) in [7, 11) is 0. The third-order valence-corrected chi connectivity index (χ3v) is 5.42. The molecular formula is C19H14Cl2N2O4S. The molecule has 3 amide bonds. The molecule has 0 radical (unpaired) electrons. The second-order valence-corrected chi connectivity index (χ2v) is 7.77. The van der Waals surface area contributed by atoms with Crippen molar-refractivity contribution in [2.24, 2.45) is 0 Å². The Hall–Kier alpha value is -2.48. The number of benzene rings is 2. The number of nitrogens with zero attached hydrogens (tertiary/aromatic N) is 1. The van der Waals surface area contributed by atoms with E-state index in [9.17, 15) is 19.5 Å². The highest BCUT2D eigenvalue weighted by Crippen LogP contribution is 2.36. The van der Waals surface area contributed by atoms with Gasteiger partial charge in [0.25, 0.3) is 11.1 Å². The molecule has 0 aliphatic carbocycles. The molecule has 6 nitrogen and oxygen atoms in total. The van der Waals surface area contributed by atoms with E-state index in [0.29, 0.717) is 23.0 Å². The van der Waals surface area contributed by atoms with Crippen molar-refractivity contribution in [1.29, 1.82) is 0 Å². The number of rotatable bonds is 4. The molecule has 1 fully saturated rings. The van der Waals surface area contributed by atoms with Crippen LogP contribution in [0.5, 0.6) is 5.75 Å². The Labute approximate surface area is 175 Å². The zero-order chi connectivity index (χ0) is 20.4. The number of hydrogen-bond acceptors (Lipinski definition) is 5. The minimum atomic E-state index is -0.588. The minimum absolute atomic E-state index is 0.0237.